The third-order valence-corrected chi connectivity index (χ3v) is 5.54. The fraction of sp³-hybridized carbons (Fsp3) is 0.333. The molecule has 2 aromatic rings. The van der Waals surface area contributed by atoms with Crippen LogP contribution >= 0.6 is 0 Å². The minimum atomic E-state index is -3.76. The van der Waals surface area contributed by atoms with Crippen LogP contribution in [-0.4, -0.2) is 38.8 Å². The van der Waals surface area contributed by atoms with E-state index in [0.717, 1.165) is 5.69 Å². The van der Waals surface area contributed by atoms with Gasteiger partial charge in [0.15, 0.2) is 0 Å². The van der Waals surface area contributed by atoms with E-state index in [1.807, 2.05) is 24.3 Å². The van der Waals surface area contributed by atoms with Crippen LogP contribution < -0.4 is 4.72 Å². The summed E-state index contributed by atoms with van der Waals surface area (Å²) in [6.45, 7) is 1.03. The smallest absolute Gasteiger partial charge is 0.240 e. The lowest BCUT2D eigenvalue weighted by Gasteiger charge is -2.31. The Morgan fingerprint density at radius 3 is 2.96 bits per heavy atom. The van der Waals surface area contributed by atoms with Gasteiger partial charge >= 0.3 is 0 Å². The highest BCUT2D eigenvalue weighted by atomic mass is 32.2. The number of benzene rings is 1. The Labute approximate surface area is 152 Å². The lowest BCUT2D eigenvalue weighted by molar-refractivity contribution is -0.0718. The second-order valence-corrected chi connectivity index (χ2v) is 7.62. The Bertz CT molecular complexity index is 881. The normalized spacial score (nSPS) is 20.4. The molecule has 7 nitrogen and oxygen atoms in total. The average molecular weight is 373 g/mol. The number of aromatic nitrogens is 1. The summed E-state index contributed by atoms with van der Waals surface area (Å²) < 4.78 is 39.3. The largest absolute Gasteiger partial charge is 0.379 e. The minimum absolute atomic E-state index is 0.0616. The maximum absolute atomic E-state index is 12.7. The molecule has 2 atom stereocenters. The molecule has 0 spiro atoms. The Balaban J connectivity index is 1.70. The highest BCUT2D eigenvalue weighted by Crippen LogP contribution is 2.18. The van der Waals surface area contributed by atoms with Crippen molar-refractivity contribution in [1.82, 2.24) is 9.71 Å². The minimum Gasteiger partial charge on any atom is -0.379 e. The summed E-state index contributed by atoms with van der Waals surface area (Å²) in [5.74, 6) is 0. The van der Waals surface area contributed by atoms with Crippen LogP contribution in [0.3, 0.4) is 0 Å². The van der Waals surface area contributed by atoms with Crippen molar-refractivity contribution in [1.29, 1.82) is 5.26 Å². The molecule has 0 amide bonds. The molecular weight excluding hydrogens is 354 g/mol. The van der Waals surface area contributed by atoms with E-state index < -0.39 is 22.2 Å². The van der Waals surface area contributed by atoms with Crippen molar-refractivity contribution in [2.24, 2.45) is 0 Å². The number of nitriles is 1. The summed E-state index contributed by atoms with van der Waals surface area (Å²) in [7, 11) is -3.76. The summed E-state index contributed by atoms with van der Waals surface area (Å²) in [6, 6.07) is 13.0. The van der Waals surface area contributed by atoms with Crippen molar-refractivity contribution in [3.8, 4) is 6.07 Å². The summed E-state index contributed by atoms with van der Waals surface area (Å²) in [4.78, 5) is 4.26. The fourth-order valence-corrected chi connectivity index (χ4v) is 4.03. The third-order valence-electron chi connectivity index (χ3n) is 4.06. The zero-order valence-corrected chi connectivity index (χ0v) is 14.9. The van der Waals surface area contributed by atoms with Gasteiger partial charge in [-0.1, -0.05) is 12.1 Å². The molecule has 0 aliphatic carbocycles. The highest BCUT2D eigenvalue weighted by molar-refractivity contribution is 7.89. The molecule has 136 valence electrons. The molecule has 1 N–H and O–H groups in total. The van der Waals surface area contributed by atoms with Gasteiger partial charge in [0.05, 0.1) is 47.6 Å². The van der Waals surface area contributed by atoms with E-state index in [4.69, 9.17) is 14.7 Å². The van der Waals surface area contributed by atoms with Crippen molar-refractivity contribution in [2.45, 2.75) is 30.1 Å². The molecule has 3 rings (SSSR count). The molecule has 1 aromatic carbocycles. The average Bonchev–Trinajstić information content (AvgIpc) is 2.68. The maximum Gasteiger partial charge on any atom is 0.240 e. The lowest BCUT2D eigenvalue weighted by Crippen LogP contribution is -2.49. The van der Waals surface area contributed by atoms with E-state index in [1.165, 1.54) is 12.1 Å². The number of hydrogen-bond donors (Lipinski definition) is 1. The summed E-state index contributed by atoms with van der Waals surface area (Å²) in [5, 5.41) is 8.96. The number of hydrogen-bond acceptors (Lipinski definition) is 6. The molecule has 1 aliphatic rings. The molecule has 0 unspecified atom stereocenters. The van der Waals surface area contributed by atoms with Crippen LogP contribution in [-0.2, 0) is 26.1 Å². The van der Waals surface area contributed by atoms with Gasteiger partial charge in [-0.15, -0.1) is 0 Å². The molecule has 0 saturated carbocycles. The van der Waals surface area contributed by atoms with Crippen LogP contribution in [0.2, 0.25) is 0 Å². The van der Waals surface area contributed by atoms with Gasteiger partial charge in [-0.2, -0.15) is 5.26 Å². The number of nitrogens with one attached hydrogen (secondary N) is 1. The first-order valence-corrected chi connectivity index (χ1v) is 9.68. The molecule has 1 aromatic heterocycles. The zero-order chi connectivity index (χ0) is 18.4. The van der Waals surface area contributed by atoms with Crippen molar-refractivity contribution >= 4 is 10.0 Å². The summed E-state index contributed by atoms with van der Waals surface area (Å²) >= 11 is 0. The van der Waals surface area contributed by atoms with E-state index in [1.54, 1.807) is 18.3 Å². The van der Waals surface area contributed by atoms with E-state index in [2.05, 4.69) is 9.71 Å². The van der Waals surface area contributed by atoms with Gasteiger partial charge in [0.25, 0.3) is 0 Å². The van der Waals surface area contributed by atoms with Crippen LogP contribution in [0.5, 0.6) is 0 Å². The van der Waals surface area contributed by atoms with E-state index in [9.17, 15) is 8.42 Å². The lowest BCUT2D eigenvalue weighted by atomic mass is 10.1. The van der Waals surface area contributed by atoms with Gasteiger partial charge in [0, 0.05) is 12.8 Å². The molecule has 0 bridgehead atoms. The maximum atomic E-state index is 12.7. The van der Waals surface area contributed by atoms with E-state index >= 15 is 0 Å². The molecule has 26 heavy (non-hydrogen) atoms. The number of nitrogens with zero attached hydrogens (tertiary/aromatic N) is 2. The molecule has 8 heteroatoms. The van der Waals surface area contributed by atoms with Crippen LogP contribution in [0.1, 0.15) is 17.7 Å². The standard InChI is InChI=1S/C18H19N3O4S/c19-11-14-4-3-6-16(10-14)26(22,23)21-17-7-9-24-13-18(17)25-12-15-5-1-2-8-20-15/h1-6,8,10,17-18,21H,7,9,12-13H2/t17-,18-/m1/s1. The monoisotopic (exact) mass is 373 g/mol. The summed E-state index contributed by atoms with van der Waals surface area (Å²) in [6.07, 6.45) is 1.77. The van der Waals surface area contributed by atoms with Crippen LogP contribution in [0.4, 0.5) is 0 Å². The quantitative estimate of drug-likeness (QED) is 0.825. The van der Waals surface area contributed by atoms with Gasteiger partial charge in [-0.3, -0.25) is 4.98 Å². The Hall–Kier alpha value is -2.31. The number of rotatable bonds is 6. The topological polar surface area (TPSA) is 101 Å². The third kappa shape index (κ3) is 4.65. The van der Waals surface area contributed by atoms with Crippen LogP contribution in [0.15, 0.2) is 53.6 Å². The molecule has 0 radical (unpaired) electrons. The first-order chi connectivity index (χ1) is 12.6. The zero-order valence-electron chi connectivity index (χ0n) is 14.0. The number of pyridine rings is 1. The van der Waals surface area contributed by atoms with Gasteiger partial charge in [-0.25, -0.2) is 13.1 Å². The number of ether oxygens (including phenoxy) is 2. The van der Waals surface area contributed by atoms with Crippen molar-refractivity contribution in [3.05, 3.63) is 59.9 Å². The predicted molar refractivity (Wildman–Crippen MR) is 93.5 cm³/mol. The fourth-order valence-electron chi connectivity index (χ4n) is 2.69. The molecule has 2 heterocycles. The van der Waals surface area contributed by atoms with Gasteiger partial charge in [0.1, 0.15) is 0 Å². The van der Waals surface area contributed by atoms with Gasteiger partial charge in [0.2, 0.25) is 10.0 Å². The SMILES string of the molecule is N#Cc1cccc(S(=O)(=O)N[C@@H]2CCOC[C@H]2OCc2ccccn2)c1. The molecule has 1 saturated heterocycles. The Morgan fingerprint density at radius 2 is 2.19 bits per heavy atom. The highest BCUT2D eigenvalue weighted by Gasteiger charge is 2.31. The Kier molecular flexibility index (Phi) is 5.96. The van der Waals surface area contributed by atoms with Crippen molar-refractivity contribution in [3.63, 3.8) is 0 Å². The molecule has 1 aliphatic heterocycles. The predicted octanol–water partition coefficient (Wildman–Crippen LogP) is 1.61. The van der Waals surface area contributed by atoms with Crippen LogP contribution in [0.25, 0.3) is 0 Å². The van der Waals surface area contributed by atoms with Crippen molar-refractivity contribution in [2.75, 3.05) is 13.2 Å². The van der Waals surface area contributed by atoms with E-state index in [-0.39, 0.29) is 11.5 Å². The van der Waals surface area contributed by atoms with Crippen LogP contribution in [0, 0.1) is 11.3 Å². The molecule has 1 fully saturated rings. The second-order valence-electron chi connectivity index (χ2n) is 5.90. The van der Waals surface area contributed by atoms with Crippen molar-refractivity contribution < 1.29 is 17.9 Å². The summed E-state index contributed by atoms with van der Waals surface area (Å²) in [5.41, 5.74) is 1.06. The first-order valence-electron chi connectivity index (χ1n) is 8.20. The van der Waals surface area contributed by atoms with Gasteiger partial charge < -0.3 is 9.47 Å². The first kappa shape index (κ1) is 18.5. The Morgan fingerprint density at radius 1 is 1.31 bits per heavy atom. The molecular formula is C18H19N3O4S. The number of sulfonamides is 1. The second kappa shape index (κ2) is 8.38. The van der Waals surface area contributed by atoms with E-state index in [0.29, 0.717) is 25.2 Å². The van der Waals surface area contributed by atoms with Gasteiger partial charge in [-0.05, 0) is 36.8 Å².